The molecule has 0 atom stereocenters. The Morgan fingerprint density at radius 1 is 1.47 bits per heavy atom. The van der Waals surface area contributed by atoms with Crippen LogP contribution >= 0.6 is 11.6 Å². The molecule has 2 N–H and O–H groups in total. The number of aromatic nitrogens is 2. The molecule has 1 heterocycles. The van der Waals surface area contributed by atoms with Crippen LogP contribution in [-0.2, 0) is 13.1 Å². The number of aliphatic hydroxyl groups is 1. The lowest BCUT2D eigenvalue weighted by Crippen LogP contribution is -2.13. The zero-order valence-corrected chi connectivity index (χ0v) is 10.5. The highest BCUT2D eigenvalue weighted by Crippen LogP contribution is 2.21. The number of aliphatic hydroxyl groups excluding tert-OH is 1. The first kappa shape index (κ1) is 12.4. The zero-order chi connectivity index (χ0) is 12.3. The maximum absolute atomic E-state index is 8.94. The molecule has 17 heavy (non-hydrogen) atoms. The Bertz CT molecular complexity index is 510. The van der Waals surface area contributed by atoms with E-state index >= 15 is 0 Å². The second-order valence-electron chi connectivity index (χ2n) is 3.92. The molecule has 0 amide bonds. The van der Waals surface area contributed by atoms with Crippen LogP contribution in [0.4, 0.5) is 0 Å². The normalized spacial score (nSPS) is 11.2. The quantitative estimate of drug-likeness (QED) is 0.854. The van der Waals surface area contributed by atoms with Crippen molar-refractivity contribution in [2.45, 2.75) is 19.5 Å². The predicted molar refractivity (Wildman–Crippen MR) is 69.2 cm³/mol. The maximum atomic E-state index is 8.94. The molecule has 1 aromatic heterocycles. The van der Waals surface area contributed by atoms with Crippen molar-refractivity contribution in [1.82, 2.24) is 14.9 Å². The second-order valence-corrected chi connectivity index (χ2v) is 4.36. The summed E-state index contributed by atoms with van der Waals surface area (Å²) in [5.74, 6) is 0.971. The lowest BCUT2D eigenvalue weighted by Gasteiger charge is -2.07. The SMILES string of the molecule is CNCc1nc2ccc(Cl)cc2n1CCCO. The third kappa shape index (κ3) is 2.60. The minimum atomic E-state index is 0.180. The molecule has 2 aromatic rings. The monoisotopic (exact) mass is 253 g/mol. The Labute approximate surface area is 105 Å². The standard InChI is InChI=1S/C12H16ClN3O/c1-14-8-12-15-10-4-3-9(13)7-11(10)16(12)5-2-6-17/h3-4,7,14,17H,2,5-6,8H2,1H3. The van der Waals surface area contributed by atoms with Crippen molar-refractivity contribution >= 4 is 22.6 Å². The van der Waals surface area contributed by atoms with Gasteiger partial charge in [-0.2, -0.15) is 0 Å². The molecule has 0 aliphatic rings. The van der Waals surface area contributed by atoms with Gasteiger partial charge in [0.2, 0.25) is 0 Å². The highest BCUT2D eigenvalue weighted by Gasteiger charge is 2.09. The molecule has 0 saturated heterocycles. The van der Waals surface area contributed by atoms with Gasteiger partial charge >= 0.3 is 0 Å². The summed E-state index contributed by atoms with van der Waals surface area (Å²) in [6.07, 6.45) is 0.717. The van der Waals surface area contributed by atoms with Gasteiger partial charge < -0.3 is 15.0 Å². The van der Waals surface area contributed by atoms with Crippen LogP contribution in [0.2, 0.25) is 5.02 Å². The molecule has 0 unspecified atom stereocenters. The van der Waals surface area contributed by atoms with E-state index in [1.54, 1.807) is 0 Å². The van der Waals surface area contributed by atoms with E-state index in [9.17, 15) is 0 Å². The number of fused-ring (bicyclic) bond motifs is 1. The first-order valence-electron chi connectivity index (χ1n) is 5.66. The summed E-state index contributed by atoms with van der Waals surface area (Å²) < 4.78 is 2.11. The molecule has 0 aliphatic heterocycles. The number of hydrogen-bond acceptors (Lipinski definition) is 3. The number of benzene rings is 1. The molecule has 0 fully saturated rings. The summed E-state index contributed by atoms with van der Waals surface area (Å²) in [4.78, 5) is 4.56. The van der Waals surface area contributed by atoms with Gasteiger partial charge in [0.25, 0.3) is 0 Å². The molecule has 92 valence electrons. The van der Waals surface area contributed by atoms with E-state index in [-0.39, 0.29) is 6.61 Å². The lowest BCUT2D eigenvalue weighted by atomic mass is 10.3. The summed E-state index contributed by atoms with van der Waals surface area (Å²) >= 11 is 6.00. The molecule has 1 aromatic carbocycles. The van der Waals surface area contributed by atoms with Crippen molar-refractivity contribution in [3.63, 3.8) is 0 Å². The summed E-state index contributed by atoms with van der Waals surface area (Å²) in [6, 6.07) is 5.68. The number of nitrogens with zero attached hydrogens (tertiary/aromatic N) is 2. The van der Waals surface area contributed by atoms with Crippen LogP contribution in [-0.4, -0.2) is 28.3 Å². The molecule has 2 rings (SSSR count). The number of halogens is 1. The van der Waals surface area contributed by atoms with Crippen molar-refractivity contribution in [1.29, 1.82) is 0 Å². The van der Waals surface area contributed by atoms with Crippen LogP contribution in [0.1, 0.15) is 12.2 Å². The van der Waals surface area contributed by atoms with Gasteiger partial charge in [-0.05, 0) is 31.7 Å². The molecule has 0 aliphatic carbocycles. The average Bonchev–Trinajstić information content (AvgIpc) is 2.64. The van der Waals surface area contributed by atoms with Crippen molar-refractivity contribution in [2.75, 3.05) is 13.7 Å². The predicted octanol–water partition coefficient (Wildman–Crippen LogP) is 1.79. The van der Waals surface area contributed by atoms with Gasteiger partial charge in [-0.15, -0.1) is 0 Å². The van der Waals surface area contributed by atoms with E-state index in [4.69, 9.17) is 16.7 Å². The highest BCUT2D eigenvalue weighted by atomic mass is 35.5. The zero-order valence-electron chi connectivity index (χ0n) is 9.78. The van der Waals surface area contributed by atoms with Crippen LogP contribution in [0.15, 0.2) is 18.2 Å². The lowest BCUT2D eigenvalue weighted by molar-refractivity contribution is 0.279. The first-order chi connectivity index (χ1) is 8.26. The summed E-state index contributed by atoms with van der Waals surface area (Å²) in [7, 11) is 1.89. The van der Waals surface area contributed by atoms with E-state index in [0.29, 0.717) is 18.0 Å². The molecule has 0 saturated carbocycles. The molecule has 0 radical (unpaired) electrons. The topological polar surface area (TPSA) is 50.1 Å². The highest BCUT2D eigenvalue weighted by molar-refractivity contribution is 6.31. The van der Waals surface area contributed by atoms with Crippen molar-refractivity contribution in [3.8, 4) is 0 Å². The average molecular weight is 254 g/mol. The van der Waals surface area contributed by atoms with Gasteiger partial charge in [0.15, 0.2) is 0 Å². The van der Waals surface area contributed by atoms with Crippen molar-refractivity contribution in [3.05, 3.63) is 29.0 Å². The Balaban J connectivity index is 2.47. The third-order valence-corrected chi connectivity index (χ3v) is 2.90. The fraction of sp³-hybridized carbons (Fsp3) is 0.417. The molecule has 0 bridgehead atoms. The van der Waals surface area contributed by atoms with Crippen LogP contribution in [0, 0.1) is 0 Å². The van der Waals surface area contributed by atoms with Crippen LogP contribution < -0.4 is 5.32 Å². The Morgan fingerprint density at radius 2 is 2.29 bits per heavy atom. The Kier molecular flexibility index (Phi) is 3.99. The van der Waals surface area contributed by atoms with Gasteiger partial charge in [-0.3, -0.25) is 0 Å². The Morgan fingerprint density at radius 3 is 3.00 bits per heavy atom. The van der Waals surface area contributed by atoms with Gasteiger partial charge in [0, 0.05) is 18.2 Å². The molecular formula is C12H16ClN3O. The van der Waals surface area contributed by atoms with Gasteiger partial charge in [0.1, 0.15) is 5.82 Å². The second kappa shape index (κ2) is 5.49. The van der Waals surface area contributed by atoms with Crippen LogP contribution in [0.5, 0.6) is 0 Å². The number of nitrogens with one attached hydrogen (secondary N) is 1. The smallest absolute Gasteiger partial charge is 0.123 e. The molecule has 0 spiro atoms. The number of aryl methyl sites for hydroxylation is 1. The van der Waals surface area contributed by atoms with Crippen molar-refractivity contribution < 1.29 is 5.11 Å². The summed E-state index contributed by atoms with van der Waals surface area (Å²) in [5, 5.41) is 12.7. The van der Waals surface area contributed by atoms with Crippen LogP contribution in [0.3, 0.4) is 0 Å². The van der Waals surface area contributed by atoms with E-state index in [1.165, 1.54) is 0 Å². The minimum absolute atomic E-state index is 0.180. The third-order valence-electron chi connectivity index (χ3n) is 2.66. The van der Waals surface area contributed by atoms with Gasteiger partial charge in [-0.1, -0.05) is 11.6 Å². The fourth-order valence-electron chi connectivity index (χ4n) is 1.92. The van der Waals surface area contributed by atoms with Crippen LogP contribution in [0.25, 0.3) is 11.0 Å². The number of imidazole rings is 1. The number of hydrogen-bond donors (Lipinski definition) is 2. The van der Waals surface area contributed by atoms with E-state index in [0.717, 1.165) is 23.4 Å². The molecular weight excluding hydrogens is 238 g/mol. The summed E-state index contributed by atoms with van der Waals surface area (Å²) in [5.41, 5.74) is 1.97. The van der Waals surface area contributed by atoms with Gasteiger partial charge in [0.05, 0.1) is 17.6 Å². The fourth-order valence-corrected chi connectivity index (χ4v) is 2.08. The Hall–Kier alpha value is -1.10. The van der Waals surface area contributed by atoms with E-state index < -0.39 is 0 Å². The molecule has 4 nitrogen and oxygen atoms in total. The first-order valence-corrected chi connectivity index (χ1v) is 6.04. The molecule has 5 heteroatoms. The van der Waals surface area contributed by atoms with Gasteiger partial charge in [-0.25, -0.2) is 4.98 Å². The summed E-state index contributed by atoms with van der Waals surface area (Å²) in [6.45, 7) is 1.64. The largest absolute Gasteiger partial charge is 0.396 e. The number of rotatable bonds is 5. The van der Waals surface area contributed by atoms with Crippen molar-refractivity contribution in [2.24, 2.45) is 0 Å². The maximum Gasteiger partial charge on any atom is 0.123 e. The minimum Gasteiger partial charge on any atom is -0.396 e. The van der Waals surface area contributed by atoms with E-state index in [2.05, 4.69) is 14.9 Å². The van der Waals surface area contributed by atoms with E-state index in [1.807, 2.05) is 25.2 Å².